The van der Waals surface area contributed by atoms with Crippen LogP contribution in [0.25, 0.3) is 0 Å². The normalized spacial score (nSPS) is 17.5. The summed E-state index contributed by atoms with van der Waals surface area (Å²) >= 11 is 0. The number of amides is 2. The topological polar surface area (TPSA) is 171 Å². The highest BCUT2D eigenvalue weighted by atomic mass is 32.2. The van der Waals surface area contributed by atoms with E-state index in [0.29, 0.717) is 30.4 Å². The van der Waals surface area contributed by atoms with E-state index in [-0.39, 0.29) is 30.4 Å². The molecule has 0 radical (unpaired) electrons. The third kappa shape index (κ3) is 5.22. The summed E-state index contributed by atoms with van der Waals surface area (Å²) in [6.07, 6.45) is 1.14. The Kier molecular flexibility index (Phi) is 7.94. The number of nitriles is 1. The highest BCUT2D eigenvalue weighted by Gasteiger charge is 2.62. The number of fused-ring (bicyclic) bond motifs is 1. The van der Waals surface area contributed by atoms with E-state index in [1.807, 2.05) is 30.3 Å². The van der Waals surface area contributed by atoms with Gasteiger partial charge in [-0.3, -0.25) is 14.3 Å². The van der Waals surface area contributed by atoms with Crippen LogP contribution in [0.3, 0.4) is 0 Å². The summed E-state index contributed by atoms with van der Waals surface area (Å²) in [5.41, 5.74) is 9.03. The number of nitrogens with one attached hydrogen (secondary N) is 1. The highest BCUT2D eigenvalue weighted by molar-refractivity contribution is 7.94. The molecule has 2 aliphatic rings. The van der Waals surface area contributed by atoms with Gasteiger partial charge in [0.1, 0.15) is 5.69 Å². The molecule has 2 unspecified atom stereocenters. The fourth-order valence-corrected chi connectivity index (χ4v) is 8.39. The van der Waals surface area contributed by atoms with Crippen LogP contribution in [-0.4, -0.2) is 75.3 Å². The zero-order valence-corrected chi connectivity index (χ0v) is 25.3. The summed E-state index contributed by atoms with van der Waals surface area (Å²) in [5.74, 6) is -0.829. The summed E-state index contributed by atoms with van der Waals surface area (Å²) < 4.78 is 26.3. The monoisotopic (exact) mass is 604 g/mol. The SMILES string of the molecule is Cn1nc(C(=O)NC(c2ccccc2)c2ccc(C#N)cc2)c2c1C(=O)N(CC1(S(=O)(=O)C(C)(C)C(N)CO)CC1)CC2. The lowest BCUT2D eigenvalue weighted by Crippen LogP contribution is -2.57. The molecular weight excluding hydrogens is 568 g/mol. The molecule has 0 bridgehead atoms. The van der Waals surface area contributed by atoms with Crippen LogP contribution in [0.4, 0.5) is 0 Å². The molecule has 1 aliphatic heterocycles. The molecule has 2 atom stereocenters. The Labute approximate surface area is 251 Å². The second-order valence-electron chi connectivity index (χ2n) is 11.9. The molecule has 0 spiro atoms. The van der Waals surface area contributed by atoms with Gasteiger partial charge in [-0.2, -0.15) is 10.4 Å². The number of carbonyl (C=O) groups excluding carboxylic acids is 2. The van der Waals surface area contributed by atoms with Gasteiger partial charge in [-0.15, -0.1) is 0 Å². The fraction of sp³-hybridized carbons (Fsp3) is 0.419. The number of aryl methyl sites for hydroxylation is 1. The number of hydrogen-bond acceptors (Lipinski definition) is 8. The van der Waals surface area contributed by atoms with Crippen LogP contribution in [0.5, 0.6) is 0 Å². The zero-order valence-electron chi connectivity index (χ0n) is 24.4. The first-order valence-corrected chi connectivity index (χ1v) is 15.7. The molecule has 2 amide bonds. The van der Waals surface area contributed by atoms with Crippen molar-refractivity contribution in [1.29, 1.82) is 5.26 Å². The maximum atomic E-state index is 13.7. The predicted molar refractivity (Wildman–Crippen MR) is 160 cm³/mol. The van der Waals surface area contributed by atoms with Crippen molar-refractivity contribution >= 4 is 21.7 Å². The van der Waals surface area contributed by atoms with Crippen LogP contribution >= 0.6 is 0 Å². The summed E-state index contributed by atoms with van der Waals surface area (Å²) in [5, 5.41) is 26.3. The van der Waals surface area contributed by atoms with Gasteiger partial charge in [0.25, 0.3) is 11.8 Å². The van der Waals surface area contributed by atoms with Gasteiger partial charge in [0.15, 0.2) is 15.5 Å². The van der Waals surface area contributed by atoms with Crippen LogP contribution in [0.2, 0.25) is 0 Å². The Morgan fingerprint density at radius 3 is 2.37 bits per heavy atom. The number of nitrogens with zero attached hydrogens (tertiary/aromatic N) is 4. The molecule has 3 aromatic rings. The number of sulfone groups is 1. The lowest BCUT2D eigenvalue weighted by molar-refractivity contribution is 0.0724. The average molecular weight is 605 g/mol. The van der Waals surface area contributed by atoms with E-state index in [9.17, 15) is 28.4 Å². The van der Waals surface area contributed by atoms with E-state index < -0.39 is 43.9 Å². The fourth-order valence-electron chi connectivity index (χ4n) is 5.83. The third-order valence-corrected chi connectivity index (χ3v) is 12.3. The van der Waals surface area contributed by atoms with Crippen LogP contribution in [-0.2, 0) is 23.3 Å². The lowest BCUT2D eigenvalue weighted by atomic mass is 9.97. The van der Waals surface area contributed by atoms with Gasteiger partial charge in [0.2, 0.25) is 0 Å². The van der Waals surface area contributed by atoms with Gasteiger partial charge in [-0.25, -0.2) is 8.42 Å². The van der Waals surface area contributed by atoms with Gasteiger partial charge in [0.05, 0.1) is 33.8 Å². The smallest absolute Gasteiger partial charge is 0.272 e. The van der Waals surface area contributed by atoms with Gasteiger partial charge in [0, 0.05) is 31.7 Å². The summed E-state index contributed by atoms with van der Waals surface area (Å²) in [4.78, 5) is 28.9. The number of hydrogen-bond donors (Lipinski definition) is 3. The first-order valence-electron chi connectivity index (χ1n) is 14.2. The number of carbonyl (C=O) groups is 2. The molecule has 4 N–H and O–H groups in total. The van der Waals surface area contributed by atoms with E-state index in [4.69, 9.17) is 5.73 Å². The van der Waals surface area contributed by atoms with E-state index in [1.54, 1.807) is 31.3 Å². The summed E-state index contributed by atoms with van der Waals surface area (Å²) in [6.45, 7) is 2.82. The molecule has 12 heteroatoms. The van der Waals surface area contributed by atoms with Gasteiger partial charge >= 0.3 is 0 Å². The molecule has 1 saturated carbocycles. The van der Waals surface area contributed by atoms with Crippen molar-refractivity contribution in [3.05, 3.63) is 88.2 Å². The van der Waals surface area contributed by atoms with Crippen molar-refractivity contribution in [2.75, 3.05) is 19.7 Å². The minimum absolute atomic E-state index is 0.0106. The Morgan fingerprint density at radius 2 is 1.79 bits per heavy atom. The highest BCUT2D eigenvalue weighted by Crippen LogP contribution is 2.49. The lowest BCUT2D eigenvalue weighted by Gasteiger charge is -2.37. The molecule has 0 saturated heterocycles. The molecule has 2 aromatic carbocycles. The van der Waals surface area contributed by atoms with Gasteiger partial charge < -0.3 is 21.1 Å². The first-order chi connectivity index (χ1) is 20.4. The second kappa shape index (κ2) is 11.2. The molecule has 226 valence electrons. The first kappa shape index (κ1) is 30.4. The van der Waals surface area contributed by atoms with Crippen LogP contribution in [0.1, 0.15) is 76.0 Å². The third-order valence-electron chi connectivity index (χ3n) is 8.90. The molecule has 43 heavy (non-hydrogen) atoms. The number of nitrogens with two attached hydrogens (primary N) is 1. The molecule has 5 rings (SSSR count). The predicted octanol–water partition coefficient (Wildman–Crippen LogP) is 1.86. The largest absolute Gasteiger partial charge is 0.395 e. The quantitative estimate of drug-likeness (QED) is 0.315. The summed E-state index contributed by atoms with van der Waals surface area (Å²) in [7, 11) is -2.21. The van der Waals surface area contributed by atoms with Crippen molar-refractivity contribution in [2.45, 2.75) is 54.7 Å². The molecule has 11 nitrogen and oxygen atoms in total. The van der Waals surface area contributed by atoms with Crippen LogP contribution < -0.4 is 11.1 Å². The maximum absolute atomic E-state index is 13.7. The number of rotatable bonds is 10. The van der Waals surface area contributed by atoms with E-state index >= 15 is 0 Å². The van der Waals surface area contributed by atoms with E-state index in [1.165, 1.54) is 23.4 Å². The minimum atomic E-state index is -3.81. The Hall–Kier alpha value is -4.05. The van der Waals surface area contributed by atoms with Gasteiger partial charge in [-0.1, -0.05) is 42.5 Å². The maximum Gasteiger partial charge on any atom is 0.272 e. The van der Waals surface area contributed by atoms with Crippen molar-refractivity contribution in [3.63, 3.8) is 0 Å². The zero-order chi connectivity index (χ0) is 31.2. The van der Waals surface area contributed by atoms with E-state index in [0.717, 1.165) is 11.1 Å². The van der Waals surface area contributed by atoms with Crippen molar-refractivity contribution < 1.29 is 23.1 Å². The number of benzene rings is 2. The molecular formula is C31H36N6O5S. The number of aromatic nitrogens is 2. The van der Waals surface area contributed by atoms with Gasteiger partial charge in [-0.05, 0) is 56.4 Å². The second-order valence-corrected chi connectivity index (χ2v) is 14.8. The van der Waals surface area contributed by atoms with Crippen LogP contribution in [0, 0.1) is 11.3 Å². The molecule has 2 heterocycles. The molecule has 1 aliphatic carbocycles. The van der Waals surface area contributed by atoms with Crippen molar-refractivity contribution in [2.24, 2.45) is 12.8 Å². The molecule has 1 fully saturated rings. The van der Waals surface area contributed by atoms with Crippen molar-refractivity contribution in [3.8, 4) is 6.07 Å². The molecule has 1 aromatic heterocycles. The van der Waals surface area contributed by atoms with Crippen LogP contribution in [0.15, 0.2) is 54.6 Å². The number of aliphatic hydroxyl groups is 1. The standard InChI is InChI=1S/C31H36N6O5S/c1-30(2,24(33)18-38)43(41,42)31(14-15-31)19-37-16-13-23-26(35-36(3)27(23)29(37)40)28(39)34-25(21-7-5-4-6-8-21)22-11-9-20(17-32)10-12-22/h4-12,24-25,38H,13-16,18-19,33H2,1-3H3,(H,34,39). The Bertz CT molecular complexity index is 1690. The average Bonchev–Trinajstić information content (AvgIpc) is 3.72. The van der Waals surface area contributed by atoms with Crippen molar-refractivity contribution in [1.82, 2.24) is 20.0 Å². The Balaban J connectivity index is 1.40. The summed E-state index contributed by atoms with van der Waals surface area (Å²) in [6, 6.07) is 17.0. The van der Waals surface area contributed by atoms with E-state index in [2.05, 4.69) is 16.5 Å². The number of aliphatic hydroxyl groups excluding tert-OH is 1. The Morgan fingerprint density at radius 1 is 1.16 bits per heavy atom. The minimum Gasteiger partial charge on any atom is -0.395 e.